The maximum atomic E-state index is 9.45. The molecule has 0 aliphatic carbocycles. The van der Waals surface area contributed by atoms with Gasteiger partial charge in [-0.3, -0.25) is 0 Å². The Morgan fingerprint density at radius 3 is 1.53 bits per heavy atom. The van der Waals surface area contributed by atoms with E-state index in [2.05, 4.69) is 0 Å². The fraction of sp³-hybridized carbons (Fsp3) is 0. The van der Waals surface area contributed by atoms with Crippen LogP contribution in [0.15, 0.2) is 174 Å². The zero-order valence-corrected chi connectivity index (χ0v) is 23.8. The van der Waals surface area contributed by atoms with Crippen LogP contribution in [0, 0.1) is 0 Å². The number of benzene rings is 8. The molecular weight excluding hydrogens is 544 g/mol. The number of hydrogen-bond acceptors (Lipinski definition) is 1. The molecule has 0 amide bonds. The normalized spacial score (nSPS) is 14.7. The average molecular weight is 583 g/mol. The second-order valence-electron chi connectivity index (χ2n) is 10.8. The molecule has 1 nitrogen and oxygen atoms in total. The van der Waals surface area contributed by atoms with Crippen LogP contribution in [0.2, 0.25) is 0 Å². The Balaban J connectivity index is 1.52. The Hall–Kier alpha value is -5.92. The molecule has 0 radical (unpaired) electrons. The van der Waals surface area contributed by atoms with Gasteiger partial charge in [-0.2, -0.15) is 0 Å². The Labute approximate surface area is 275 Å². The number of para-hydroxylation sites is 1. The first-order valence-corrected chi connectivity index (χ1v) is 14.6. The SMILES string of the molecule is [2H]c1c([2H])c(-c2c3ccccc3c(-c3c(-c4ccccc4)c([2H])c([2H])c4oc5c([2H])c([2H])c([2H])c([2H])c5c34)c3ccccc23)c([2H])c([2H])c1-c1ccccc1. The van der Waals surface area contributed by atoms with Crippen LogP contribution in [0.1, 0.15) is 13.7 Å². The summed E-state index contributed by atoms with van der Waals surface area (Å²) < 4.78 is 96.6. The average Bonchev–Trinajstić information content (AvgIpc) is 3.62. The van der Waals surface area contributed by atoms with Gasteiger partial charge in [-0.15, -0.1) is 0 Å². The number of fused-ring (bicyclic) bond motifs is 5. The van der Waals surface area contributed by atoms with Crippen LogP contribution in [0.4, 0.5) is 0 Å². The highest BCUT2D eigenvalue weighted by atomic mass is 16.3. The molecule has 8 aromatic carbocycles. The predicted octanol–water partition coefficient (Wildman–Crippen LogP) is 12.6. The van der Waals surface area contributed by atoms with Crippen molar-refractivity contribution in [2.45, 2.75) is 0 Å². The molecule has 0 aliphatic heterocycles. The van der Waals surface area contributed by atoms with Gasteiger partial charge in [-0.05, 0) is 72.6 Å². The van der Waals surface area contributed by atoms with E-state index in [1.807, 2.05) is 84.9 Å². The molecule has 0 fully saturated rings. The topological polar surface area (TPSA) is 13.1 Å². The van der Waals surface area contributed by atoms with E-state index < -0.39 is 18.1 Å². The molecule has 0 saturated carbocycles. The Kier molecular flexibility index (Phi) is 4.01. The molecule has 1 aromatic heterocycles. The Morgan fingerprint density at radius 1 is 0.356 bits per heavy atom. The standard InChI is InChI=1S/C44H28O/c1-3-13-29(14-4-1)30-23-25-32(26-24-30)41-34-17-7-9-19-36(34)42(37-20-10-8-18-35(37)41)44-33(31-15-5-2-6-16-31)27-28-40-43(44)38-21-11-12-22-39(38)45-40/h1-28H/i11D,12D,21D,22D,23D,24D,25D,26D,27D,28D. The zero-order chi connectivity index (χ0) is 38.4. The van der Waals surface area contributed by atoms with Crippen molar-refractivity contribution in [1.29, 1.82) is 0 Å². The summed E-state index contributed by atoms with van der Waals surface area (Å²) >= 11 is 0. The molecule has 0 saturated heterocycles. The first-order valence-electron chi connectivity index (χ1n) is 19.6. The van der Waals surface area contributed by atoms with Gasteiger partial charge in [0.15, 0.2) is 0 Å². The second kappa shape index (κ2) is 10.4. The van der Waals surface area contributed by atoms with Gasteiger partial charge in [0, 0.05) is 16.3 Å². The lowest BCUT2D eigenvalue weighted by molar-refractivity contribution is 0.669. The first kappa shape index (κ1) is 17.4. The molecule has 0 unspecified atom stereocenters. The van der Waals surface area contributed by atoms with Gasteiger partial charge < -0.3 is 4.42 Å². The van der Waals surface area contributed by atoms with E-state index in [9.17, 15) is 5.48 Å². The molecule has 9 rings (SSSR count). The molecule has 0 bridgehead atoms. The summed E-state index contributed by atoms with van der Waals surface area (Å²) in [4.78, 5) is 0. The number of hydrogen-bond donors (Lipinski definition) is 0. The van der Waals surface area contributed by atoms with Crippen LogP contribution in [0.3, 0.4) is 0 Å². The number of furan rings is 1. The van der Waals surface area contributed by atoms with Crippen molar-refractivity contribution in [2.24, 2.45) is 0 Å². The molecule has 1 heteroatoms. The maximum Gasteiger partial charge on any atom is 0.136 e. The molecular formula is C44H28O. The van der Waals surface area contributed by atoms with Crippen molar-refractivity contribution in [3.63, 3.8) is 0 Å². The molecule has 0 N–H and O–H groups in total. The van der Waals surface area contributed by atoms with Crippen molar-refractivity contribution >= 4 is 43.5 Å². The van der Waals surface area contributed by atoms with E-state index in [-0.39, 0.29) is 75.4 Å². The minimum Gasteiger partial charge on any atom is -0.456 e. The van der Waals surface area contributed by atoms with E-state index in [0.717, 1.165) is 0 Å². The van der Waals surface area contributed by atoms with E-state index in [1.54, 1.807) is 24.3 Å². The minimum atomic E-state index is -0.475. The molecule has 1 heterocycles. The molecule has 210 valence electrons. The fourth-order valence-electron chi connectivity index (χ4n) is 6.38. The fourth-order valence-corrected chi connectivity index (χ4v) is 6.38. The van der Waals surface area contributed by atoms with Gasteiger partial charge in [-0.1, -0.05) is 158 Å². The summed E-state index contributed by atoms with van der Waals surface area (Å²) in [6.45, 7) is 0. The Bertz CT molecular complexity index is 3000. The minimum absolute atomic E-state index is 0.0463. The van der Waals surface area contributed by atoms with E-state index in [4.69, 9.17) is 12.6 Å². The van der Waals surface area contributed by atoms with Crippen LogP contribution in [0.5, 0.6) is 0 Å². The van der Waals surface area contributed by atoms with E-state index >= 15 is 0 Å². The zero-order valence-electron chi connectivity index (χ0n) is 33.8. The lowest BCUT2D eigenvalue weighted by Crippen LogP contribution is -1.93. The Morgan fingerprint density at radius 2 is 0.889 bits per heavy atom. The smallest absolute Gasteiger partial charge is 0.136 e. The molecule has 0 aliphatic rings. The van der Waals surface area contributed by atoms with Gasteiger partial charge in [0.2, 0.25) is 0 Å². The number of rotatable bonds is 4. The summed E-state index contributed by atoms with van der Waals surface area (Å²) in [5, 5.41) is 2.83. The van der Waals surface area contributed by atoms with Crippen molar-refractivity contribution in [3.05, 3.63) is 170 Å². The highest BCUT2D eigenvalue weighted by molar-refractivity contribution is 6.27. The van der Waals surface area contributed by atoms with E-state index in [1.165, 1.54) is 0 Å². The largest absolute Gasteiger partial charge is 0.456 e. The highest BCUT2D eigenvalue weighted by Gasteiger charge is 2.23. The predicted molar refractivity (Wildman–Crippen MR) is 190 cm³/mol. The summed E-state index contributed by atoms with van der Waals surface area (Å²) in [5.74, 6) is 0. The van der Waals surface area contributed by atoms with Crippen LogP contribution < -0.4 is 0 Å². The van der Waals surface area contributed by atoms with Gasteiger partial charge in [-0.25, -0.2) is 0 Å². The highest BCUT2D eigenvalue weighted by Crippen LogP contribution is 2.50. The van der Waals surface area contributed by atoms with Gasteiger partial charge in [0.1, 0.15) is 11.2 Å². The summed E-state index contributed by atoms with van der Waals surface area (Å²) in [6, 6.07) is 30.1. The summed E-state index contributed by atoms with van der Waals surface area (Å²) in [7, 11) is 0. The van der Waals surface area contributed by atoms with Crippen LogP contribution in [0.25, 0.3) is 88.0 Å². The monoisotopic (exact) mass is 582 g/mol. The third kappa shape index (κ3) is 4.09. The lowest BCUT2D eigenvalue weighted by Gasteiger charge is -2.20. The van der Waals surface area contributed by atoms with E-state index in [0.29, 0.717) is 54.9 Å². The second-order valence-corrected chi connectivity index (χ2v) is 10.8. The van der Waals surface area contributed by atoms with Crippen LogP contribution in [-0.4, -0.2) is 0 Å². The van der Waals surface area contributed by atoms with Crippen molar-refractivity contribution < 1.29 is 18.1 Å². The maximum absolute atomic E-state index is 9.45. The van der Waals surface area contributed by atoms with Gasteiger partial charge in [0.05, 0.1) is 13.7 Å². The van der Waals surface area contributed by atoms with Crippen LogP contribution in [-0.2, 0) is 0 Å². The van der Waals surface area contributed by atoms with Crippen molar-refractivity contribution in [1.82, 2.24) is 0 Å². The van der Waals surface area contributed by atoms with Gasteiger partial charge in [0.25, 0.3) is 0 Å². The lowest BCUT2D eigenvalue weighted by atomic mass is 9.82. The summed E-state index contributed by atoms with van der Waals surface area (Å²) in [6.07, 6.45) is 0. The third-order valence-electron chi connectivity index (χ3n) is 8.32. The van der Waals surface area contributed by atoms with Crippen LogP contribution >= 0.6 is 0 Å². The molecule has 0 atom stereocenters. The van der Waals surface area contributed by atoms with Gasteiger partial charge >= 0.3 is 0 Å². The third-order valence-corrected chi connectivity index (χ3v) is 8.32. The van der Waals surface area contributed by atoms with Crippen molar-refractivity contribution in [2.75, 3.05) is 0 Å². The van der Waals surface area contributed by atoms with Crippen molar-refractivity contribution in [3.8, 4) is 44.5 Å². The molecule has 9 aromatic rings. The summed E-state index contributed by atoms with van der Waals surface area (Å²) in [5.41, 5.74) is 3.25. The quantitative estimate of drug-likeness (QED) is 0.188. The first-order chi connectivity index (χ1) is 26.5. The molecule has 45 heavy (non-hydrogen) atoms. The molecule has 0 spiro atoms.